The molecule has 1 fully saturated rings. The van der Waals surface area contributed by atoms with Crippen molar-refractivity contribution in [3.05, 3.63) is 29.8 Å². The van der Waals surface area contributed by atoms with Gasteiger partial charge in [0.05, 0.1) is 6.04 Å². The Kier molecular flexibility index (Phi) is 4.74. The monoisotopic (exact) mass is 275 g/mol. The Morgan fingerprint density at radius 1 is 1.35 bits per heavy atom. The normalized spacial score (nSPS) is 16.3. The van der Waals surface area contributed by atoms with Gasteiger partial charge in [-0.05, 0) is 38.1 Å². The molecule has 0 spiro atoms. The maximum Gasteiger partial charge on any atom is 0.237 e. The van der Waals surface area contributed by atoms with E-state index >= 15 is 0 Å². The molecule has 20 heavy (non-hydrogen) atoms. The maximum atomic E-state index is 11.6. The highest BCUT2D eigenvalue weighted by molar-refractivity contribution is 5.95. The van der Waals surface area contributed by atoms with Gasteiger partial charge in [-0.2, -0.15) is 0 Å². The van der Waals surface area contributed by atoms with Crippen LogP contribution in [0.25, 0.3) is 0 Å². The van der Waals surface area contributed by atoms with Gasteiger partial charge in [0.1, 0.15) is 0 Å². The Balaban J connectivity index is 1.92. The van der Waals surface area contributed by atoms with E-state index in [1.807, 2.05) is 36.1 Å². The third-order valence-corrected chi connectivity index (χ3v) is 3.61. The van der Waals surface area contributed by atoms with E-state index in [0.717, 1.165) is 24.2 Å². The molecule has 1 aromatic rings. The summed E-state index contributed by atoms with van der Waals surface area (Å²) < 4.78 is 0. The van der Waals surface area contributed by atoms with Crippen LogP contribution in [-0.4, -0.2) is 31.4 Å². The SMILES string of the molecule is CNC(C)C(=O)NCc1ccc(N2CCCC2=O)cc1. The van der Waals surface area contributed by atoms with Crippen molar-refractivity contribution in [3.8, 4) is 0 Å². The maximum absolute atomic E-state index is 11.6. The van der Waals surface area contributed by atoms with Gasteiger partial charge in [0.2, 0.25) is 11.8 Å². The van der Waals surface area contributed by atoms with Crippen LogP contribution in [0.4, 0.5) is 5.69 Å². The first-order chi connectivity index (χ1) is 9.61. The van der Waals surface area contributed by atoms with Crippen LogP contribution in [0, 0.1) is 0 Å². The summed E-state index contributed by atoms with van der Waals surface area (Å²) in [4.78, 5) is 25.1. The molecule has 1 saturated heterocycles. The van der Waals surface area contributed by atoms with Gasteiger partial charge in [-0.15, -0.1) is 0 Å². The van der Waals surface area contributed by atoms with Gasteiger partial charge in [0.15, 0.2) is 0 Å². The second kappa shape index (κ2) is 6.52. The highest BCUT2D eigenvalue weighted by Crippen LogP contribution is 2.21. The number of anilines is 1. The standard InChI is InChI=1S/C15H21N3O2/c1-11(16-2)15(20)17-10-12-5-7-13(8-6-12)18-9-3-4-14(18)19/h5-8,11,16H,3-4,9-10H2,1-2H3,(H,17,20). The van der Waals surface area contributed by atoms with E-state index in [4.69, 9.17) is 0 Å². The second-order valence-electron chi connectivity index (χ2n) is 5.04. The molecule has 1 atom stereocenters. The Morgan fingerprint density at radius 2 is 2.05 bits per heavy atom. The Hall–Kier alpha value is -1.88. The Morgan fingerprint density at radius 3 is 2.60 bits per heavy atom. The average Bonchev–Trinajstić information content (AvgIpc) is 2.90. The van der Waals surface area contributed by atoms with Crippen molar-refractivity contribution >= 4 is 17.5 Å². The quantitative estimate of drug-likeness (QED) is 0.844. The lowest BCUT2D eigenvalue weighted by molar-refractivity contribution is -0.122. The lowest BCUT2D eigenvalue weighted by atomic mass is 10.2. The van der Waals surface area contributed by atoms with E-state index in [1.54, 1.807) is 7.05 Å². The van der Waals surface area contributed by atoms with Gasteiger partial charge in [-0.3, -0.25) is 9.59 Å². The van der Waals surface area contributed by atoms with Crippen LogP contribution >= 0.6 is 0 Å². The van der Waals surface area contributed by atoms with E-state index in [9.17, 15) is 9.59 Å². The van der Waals surface area contributed by atoms with E-state index < -0.39 is 0 Å². The van der Waals surface area contributed by atoms with E-state index in [2.05, 4.69) is 10.6 Å². The predicted molar refractivity (Wildman–Crippen MR) is 78.4 cm³/mol. The molecule has 1 aliphatic heterocycles. The minimum Gasteiger partial charge on any atom is -0.351 e. The number of hydrogen-bond acceptors (Lipinski definition) is 3. The number of likely N-dealkylation sites (N-methyl/N-ethyl adjacent to an activating group) is 1. The van der Waals surface area contributed by atoms with Gasteiger partial charge < -0.3 is 15.5 Å². The molecule has 2 amide bonds. The van der Waals surface area contributed by atoms with Crippen molar-refractivity contribution in [2.75, 3.05) is 18.5 Å². The number of rotatable bonds is 5. The summed E-state index contributed by atoms with van der Waals surface area (Å²) in [6, 6.07) is 7.58. The fraction of sp³-hybridized carbons (Fsp3) is 0.467. The van der Waals surface area contributed by atoms with Crippen LogP contribution in [0.15, 0.2) is 24.3 Å². The third kappa shape index (κ3) is 3.36. The molecule has 1 heterocycles. The first-order valence-corrected chi connectivity index (χ1v) is 6.96. The van der Waals surface area contributed by atoms with Crippen molar-refractivity contribution in [2.45, 2.75) is 32.4 Å². The third-order valence-electron chi connectivity index (χ3n) is 3.61. The minimum absolute atomic E-state index is 0.0219. The average molecular weight is 275 g/mol. The van der Waals surface area contributed by atoms with E-state index in [-0.39, 0.29) is 17.9 Å². The fourth-order valence-electron chi connectivity index (χ4n) is 2.19. The number of nitrogens with one attached hydrogen (secondary N) is 2. The van der Waals surface area contributed by atoms with E-state index in [0.29, 0.717) is 13.0 Å². The van der Waals surface area contributed by atoms with Crippen LogP contribution in [0.2, 0.25) is 0 Å². The summed E-state index contributed by atoms with van der Waals surface area (Å²) in [5.74, 6) is 0.167. The topological polar surface area (TPSA) is 61.4 Å². The van der Waals surface area contributed by atoms with Gasteiger partial charge in [0.25, 0.3) is 0 Å². The van der Waals surface area contributed by atoms with E-state index in [1.165, 1.54) is 0 Å². The molecular formula is C15H21N3O2. The van der Waals surface area contributed by atoms with Crippen LogP contribution in [0.3, 0.4) is 0 Å². The second-order valence-corrected chi connectivity index (χ2v) is 5.04. The van der Waals surface area contributed by atoms with Gasteiger partial charge in [-0.25, -0.2) is 0 Å². The largest absolute Gasteiger partial charge is 0.351 e. The molecule has 0 bridgehead atoms. The lowest BCUT2D eigenvalue weighted by Gasteiger charge is -2.16. The smallest absolute Gasteiger partial charge is 0.237 e. The molecule has 1 aliphatic rings. The summed E-state index contributed by atoms with van der Waals surface area (Å²) in [5, 5.41) is 5.76. The number of carbonyl (C=O) groups is 2. The zero-order chi connectivity index (χ0) is 14.5. The molecule has 5 heteroatoms. The molecule has 1 aromatic carbocycles. The fourth-order valence-corrected chi connectivity index (χ4v) is 2.19. The zero-order valence-corrected chi connectivity index (χ0v) is 12.0. The summed E-state index contributed by atoms with van der Waals surface area (Å²) in [7, 11) is 1.76. The van der Waals surface area contributed by atoms with Gasteiger partial charge >= 0.3 is 0 Å². The first-order valence-electron chi connectivity index (χ1n) is 6.96. The van der Waals surface area contributed by atoms with Crippen LogP contribution in [0.5, 0.6) is 0 Å². The number of carbonyl (C=O) groups excluding carboxylic acids is 2. The molecule has 0 aliphatic carbocycles. The zero-order valence-electron chi connectivity index (χ0n) is 12.0. The van der Waals surface area contributed by atoms with Crippen molar-refractivity contribution < 1.29 is 9.59 Å². The molecule has 0 radical (unpaired) electrons. The molecule has 5 nitrogen and oxygen atoms in total. The molecule has 1 unspecified atom stereocenters. The van der Waals surface area contributed by atoms with Crippen LogP contribution < -0.4 is 15.5 Å². The Labute approximate surface area is 119 Å². The highest BCUT2D eigenvalue weighted by atomic mass is 16.2. The lowest BCUT2D eigenvalue weighted by Crippen LogP contribution is -2.39. The Bertz CT molecular complexity index is 484. The molecular weight excluding hydrogens is 254 g/mol. The summed E-state index contributed by atoms with van der Waals surface area (Å²) in [5.41, 5.74) is 1.96. The van der Waals surface area contributed by atoms with Crippen molar-refractivity contribution in [1.29, 1.82) is 0 Å². The van der Waals surface area contributed by atoms with Crippen LogP contribution in [0.1, 0.15) is 25.3 Å². The molecule has 0 aromatic heterocycles. The number of nitrogens with zero attached hydrogens (tertiary/aromatic N) is 1. The summed E-state index contributed by atoms with van der Waals surface area (Å²) >= 11 is 0. The first kappa shape index (κ1) is 14.5. The summed E-state index contributed by atoms with van der Waals surface area (Å²) in [6.07, 6.45) is 1.57. The molecule has 2 N–H and O–H groups in total. The van der Waals surface area contributed by atoms with Crippen molar-refractivity contribution in [2.24, 2.45) is 0 Å². The summed E-state index contributed by atoms with van der Waals surface area (Å²) in [6.45, 7) is 3.12. The molecule has 0 saturated carbocycles. The molecule has 108 valence electrons. The van der Waals surface area contributed by atoms with Crippen molar-refractivity contribution in [1.82, 2.24) is 10.6 Å². The number of hydrogen-bond donors (Lipinski definition) is 2. The van der Waals surface area contributed by atoms with Crippen molar-refractivity contribution in [3.63, 3.8) is 0 Å². The highest BCUT2D eigenvalue weighted by Gasteiger charge is 2.21. The predicted octanol–water partition coefficient (Wildman–Crippen LogP) is 1.04. The minimum atomic E-state index is -0.198. The number of benzene rings is 1. The van der Waals surface area contributed by atoms with Gasteiger partial charge in [-0.1, -0.05) is 12.1 Å². The van der Waals surface area contributed by atoms with Crippen LogP contribution in [-0.2, 0) is 16.1 Å². The molecule has 2 rings (SSSR count). The number of amides is 2. The van der Waals surface area contributed by atoms with Gasteiger partial charge in [0, 0.05) is 25.2 Å².